The van der Waals surface area contributed by atoms with Gasteiger partial charge in [0.25, 0.3) is 0 Å². The number of aromatic nitrogens is 1. The molecule has 0 aliphatic carbocycles. The summed E-state index contributed by atoms with van der Waals surface area (Å²) < 4.78 is 4.60. The van der Waals surface area contributed by atoms with Crippen LogP contribution in [-0.2, 0) is 14.3 Å². The molecule has 16 heavy (non-hydrogen) atoms. The largest absolute Gasteiger partial charge is 0.468 e. The zero-order valence-corrected chi connectivity index (χ0v) is 9.69. The lowest BCUT2D eigenvalue weighted by molar-refractivity contribution is -0.149. The Hall–Kier alpha value is -1.78. The number of amides is 1. The molecular formula is C11H16N2O3. The number of hydrogen-bond donors (Lipinski definition) is 1. The number of esters is 1. The summed E-state index contributed by atoms with van der Waals surface area (Å²) in [5.74, 6) is -0.839. The Labute approximate surface area is 94.4 Å². The minimum Gasteiger partial charge on any atom is -0.468 e. The molecule has 1 rings (SSSR count). The maximum atomic E-state index is 12.0. The number of methoxy groups -OCH3 is 1. The van der Waals surface area contributed by atoms with Crippen LogP contribution in [-0.4, -0.2) is 31.0 Å². The van der Waals surface area contributed by atoms with Gasteiger partial charge in [0.2, 0.25) is 5.91 Å². The van der Waals surface area contributed by atoms with E-state index in [1.54, 1.807) is 32.3 Å². The van der Waals surface area contributed by atoms with E-state index in [2.05, 4.69) is 9.72 Å². The number of carbonyl (C=O) groups is 2. The molecular weight excluding hydrogens is 208 g/mol. The second-order valence-electron chi connectivity index (χ2n) is 3.44. The maximum Gasteiger partial charge on any atom is 0.318 e. The third kappa shape index (κ3) is 2.42. The number of carbonyl (C=O) groups excluding carboxylic acids is 2. The molecule has 1 aromatic heterocycles. The number of rotatable bonds is 4. The molecule has 1 amide bonds. The third-order valence-corrected chi connectivity index (χ3v) is 2.47. The summed E-state index contributed by atoms with van der Waals surface area (Å²) in [5, 5.41) is 0. The predicted molar refractivity (Wildman–Crippen MR) is 60.0 cm³/mol. The lowest BCUT2D eigenvalue weighted by Crippen LogP contribution is -2.37. The van der Waals surface area contributed by atoms with Gasteiger partial charge in [-0.05, 0) is 18.6 Å². The Morgan fingerprint density at radius 2 is 2.25 bits per heavy atom. The normalized spacial score (nSPS) is 11.9. The van der Waals surface area contributed by atoms with Crippen LogP contribution in [0.25, 0.3) is 0 Å². The first kappa shape index (κ1) is 12.3. The molecule has 0 aliphatic rings. The van der Waals surface area contributed by atoms with E-state index in [1.165, 1.54) is 12.0 Å². The zero-order chi connectivity index (χ0) is 12.1. The second kappa shape index (κ2) is 5.34. The molecule has 0 aliphatic heterocycles. The fourth-order valence-electron chi connectivity index (χ4n) is 1.47. The van der Waals surface area contributed by atoms with Crippen molar-refractivity contribution in [1.29, 1.82) is 0 Å². The van der Waals surface area contributed by atoms with Gasteiger partial charge in [0, 0.05) is 13.2 Å². The van der Waals surface area contributed by atoms with Crippen LogP contribution < -0.4 is 4.90 Å². The number of nitrogens with one attached hydrogen (secondary N) is 1. The van der Waals surface area contributed by atoms with Crippen LogP contribution in [0.1, 0.15) is 13.3 Å². The van der Waals surface area contributed by atoms with E-state index in [0.29, 0.717) is 12.2 Å². The summed E-state index contributed by atoms with van der Waals surface area (Å²) in [7, 11) is 2.91. The van der Waals surface area contributed by atoms with Gasteiger partial charge in [-0.1, -0.05) is 6.92 Å². The van der Waals surface area contributed by atoms with E-state index in [0.717, 1.165) is 0 Å². The topological polar surface area (TPSA) is 62.4 Å². The first-order valence-electron chi connectivity index (χ1n) is 5.10. The molecule has 1 N–H and O–H groups in total. The van der Waals surface area contributed by atoms with Crippen molar-refractivity contribution in [1.82, 2.24) is 4.98 Å². The van der Waals surface area contributed by atoms with E-state index in [9.17, 15) is 9.59 Å². The zero-order valence-electron chi connectivity index (χ0n) is 9.69. The standard InChI is InChI=1S/C11H16N2O3/c1-4-8(11(15)16-3)10(14)13(2)9-6-5-7-12-9/h5-8,12H,4H2,1-3H3. The number of nitrogens with zero attached hydrogens (tertiary/aromatic N) is 1. The minimum absolute atomic E-state index is 0.267. The van der Waals surface area contributed by atoms with Crippen LogP contribution in [0.5, 0.6) is 0 Å². The Balaban J connectivity index is 2.79. The van der Waals surface area contributed by atoms with E-state index < -0.39 is 11.9 Å². The van der Waals surface area contributed by atoms with Crippen molar-refractivity contribution in [3.05, 3.63) is 18.3 Å². The summed E-state index contributed by atoms with van der Waals surface area (Å²) in [6, 6.07) is 3.56. The fraction of sp³-hybridized carbons (Fsp3) is 0.455. The average molecular weight is 224 g/mol. The molecule has 0 saturated heterocycles. The first-order chi connectivity index (χ1) is 7.61. The Bertz CT molecular complexity index is 359. The van der Waals surface area contributed by atoms with Crippen molar-refractivity contribution in [2.45, 2.75) is 13.3 Å². The predicted octanol–water partition coefficient (Wildman–Crippen LogP) is 1.18. The van der Waals surface area contributed by atoms with E-state index in [4.69, 9.17) is 0 Å². The molecule has 1 heterocycles. The van der Waals surface area contributed by atoms with Gasteiger partial charge >= 0.3 is 5.97 Å². The molecule has 0 fully saturated rings. The van der Waals surface area contributed by atoms with Crippen LogP contribution in [0.2, 0.25) is 0 Å². The summed E-state index contributed by atoms with van der Waals surface area (Å²) in [5.41, 5.74) is 0. The van der Waals surface area contributed by atoms with Crippen molar-refractivity contribution in [2.24, 2.45) is 5.92 Å². The summed E-state index contributed by atoms with van der Waals surface area (Å²) in [6.07, 6.45) is 2.15. The lowest BCUT2D eigenvalue weighted by Gasteiger charge is -2.20. The average Bonchev–Trinajstić information content (AvgIpc) is 2.81. The Kier molecular flexibility index (Phi) is 4.10. The van der Waals surface area contributed by atoms with E-state index in [-0.39, 0.29) is 5.91 Å². The van der Waals surface area contributed by atoms with Crippen LogP contribution in [0.3, 0.4) is 0 Å². The Morgan fingerprint density at radius 3 is 2.69 bits per heavy atom. The minimum atomic E-state index is -0.738. The fourth-order valence-corrected chi connectivity index (χ4v) is 1.47. The molecule has 1 aromatic rings. The van der Waals surface area contributed by atoms with Crippen LogP contribution in [0, 0.1) is 5.92 Å². The van der Waals surface area contributed by atoms with E-state index >= 15 is 0 Å². The molecule has 5 nitrogen and oxygen atoms in total. The monoisotopic (exact) mass is 224 g/mol. The number of aromatic amines is 1. The molecule has 0 saturated carbocycles. The SMILES string of the molecule is CCC(C(=O)OC)C(=O)N(C)c1ccc[nH]1. The maximum absolute atomic E-state index is 12.0. The van der Waals surface area contributed by atoms with Gasteiger partial charge in [0.05, 0.1) is 7.11 Å². The molecule has 0 spiro atoms. The van der Waals surface area contributed by atoms with Crippen molar-refractivity contribution in [3.8, 4) is 0 Å². The van der Waals surface area contributed by atoms with Crippen molar-refractivity contribution >= 4 is 17.7 Å². The van der Waals surface area contributed by atoms with Crippen molar-refractivity contribution < 1.29 is 14.3 Å². The summed E-state index contributed by atoms with van der Waals surface area (Å²) >= 11 is 0. The van der Waals surface area contributed by atoms with Gasteiger partial charge in [0.15, 0.2) is 0 Å². The van der Waals surface area contributed by atoms with Gasteiger partial charge in [-0.15, -0.1) is 0 Å². The highest BCUT2D eigenvalue weighted by atomic mass is 16.5. The molecule has 88 valence electrons. The lowest BCUT2D eigenvalue weighted by atomic mass is 10.1. The van der Waals surface area contributed by atoms with Crippen LogP contribution in [0.15, 0.2) is 18.3 Å². The smallest absolute Gasteiger partial charge is 0.318 e. The molecule has 0 bridgehead atoms. The van der Waals surface area contributed by atoms with Gasteiger partial charge < -0.3 is 14.6 Å². The highest BCUT2D eigenvalue weighted by molar-refractivity contribution is 6.05. The quantitative estimate of drug-likeness (QED) is 0.617. The molecule has 5 heteroatoms. The summed E-state index contributed by atoms with van der Waals surface area (Å²) in [6.45, 7) is 1.78. The number of ether oxygens (including phenoxy) is 1. The highest BCUT2D eigenvalue weighted by Crippen LogP contribution is 2.15. The molecule has 0 radical (unpaired) electrons. The third-order valence-electron chi connectivity index (χ3n) is 2.47. The number of hydrogen-bond acceptors (Lipinski definition) is 3. The number of H-pyrrole nitrogens is 1. The molecule has 1 unspecified atom stereocenters. The number of anilines is 1. The molecule has 0 aromatic carbocycles. The van der Waals surface area contributed by atoms with Gasteiger partial charge in [-0.2, -0.15) is 0 Å². The molecule has 1 atom stereocenters. The van der Waals surface area contributed by atoms with Gasteiger partial charge in [-0.3, -0.25) is 9.59 Å². The summed E-state index contributed by atoms with van der Waals surface area (Å²) in [4.78, 5) is 27.7. The highest BCUT2D eigenvalue weighted by Gasteiger charge is 2.29. The van der Waals surface area contributed by atoms with Crippen LogP contribution >= 0.6 is 0 Å². The van der Waals surface area contributed by atoms with Crippen molar-refractivity contribution in [2.75, 3.05) is 19.1 Å². The van der Waals surface area contributed by atoms with Crippen molar-refractivity contribution in [3.63, 3.8) is 0 Å². The van der Waals surface area contributed by atoms with Gasteiger partial charge in [0.1, 0.15) is 11.7 Å². The second-order valence-corrected chi connectivity index (χ2v) is 3.44. The first-order valence-corrected chi connectivity index (χ1v) is 5.10. The van der Waals surface area contributed by atoms with Gasteiger partial charge in [-0.25, -0.2) is 0 Å². The van der Waals surface area contributed by atoms with E-state index in [1.807, 2.05) is 0 Å². The Morgan fingerprint density at radius 1 is 1.56 bits per heavy atom. The van der Waals surface area contributed by atoms with Crippen LogP contribution in [0.4, 0.5) is 5.82 Å².